The van der Waals surface area contributed by atoms with E-state index in [2.05, 4.69) is 10.6 Å². The summed E-state index contributed by atoms with van der Waals surface area (Å²) >= 11 is 0. The van der Waals surface area contributed by atoms with Gasteiger partial charge in [0.1, 0.15) is 11.4 Å². The normalized spacial score (nSPS) is 10.1. The molecule has 21 heavy (non-hydrogen) atoms. The van der Waals surface area contributed by atoms with Gasteiger partial charge in [0, 0.05) is 31.6 Å². The van der Waals surface area contributed by atoms with Crippen LogP contribution in [0.1, 0.15) is 16.1 Å². The van der Waals surface area contributed by atoms with Gasteiger partial charge in [-0.05, 0) is 24.3 Å². The molecule has 0 aliphatic carbocycles. The molecule has 0 saturated heterocycles. The SMILES string of the molecule is CNc1ccc(C(=O)NCCc2ccco2)cc1[N+](=O)[O-]. The van der Waals surface area contributed by atoms with Crippen LogP contribution in [0.2, 0.25) is 0 Å². The van der Waals surface area contributed by atoms with Crippen LogP contribution in [0, 0.1) is 10.1 Å². The van der Waals surface area contributed by atoms with Gasteiger partial charge in [-0.1, -0.05) is 0 Å². The van der Waals surface area contributed by atoms with Crippen molar-refractivity contribution in [1.29, 1.82) is 0 Å². The summed E-state index contributed by atoms with van der Waals surface area (Å²) in [6.07, 6.45) is 2.13. The highest BCUT2D eigenvalue weighted by Gasteiger charge is 2.16. The molecule has 2 rings (SSSR count). The number of nitro groups is 1. The van der Waals surface area contributed by atoms with E-state index >= 15 is 0 Å². The molecule has 1 heterocycles. The smallest absolute Gasteiger partial charge is 0.293 e. The summed E-state index contributed by atoms with van der Waals surface area (Å²) in [5.74, 6) is 0.416. The third-order valence-electron chi connectivity index (χ3n) is 2.96. The number of hydrogen-bond acceptors (Lipinski definition) is 5. The number of amides is 1. The van der Waals surface area contributed by atoms with Crippen molar-refractivity contribution >= 4 is 17.3 Å². The van der Waals surface area contributed by atoms with Crippen LogP contribution in [-0.2, 0) is 6.42 Å². The Morgan fingerprint density at radius 2 is 2.19 bits per heavy atom. The molecule has 1 amide bonds. The number of furan rings is 1. The van der Waals surface area contributed by atoms with Crippen LogP contribution in [-0.4, -0.2) is 24.4 Å². The zero-order chi connectivity index (χ0) is 15.2. The van der Waals surface area contributed by atoms with E-state index in [4.69, 9.17) is 4.42 Å². The second-order valence-electron chi connectivity index (χ2n) is 4.32. The lowest BCUT2D eigenvalue weighted by Gasteiger charge is -2.06. The fourth-order valence-electron chi connectivity index (χ4n) is 1.89. The van der Waals surface area contributed by atoms with Crippen molar-refractivity contribution in [3.8, 4) is 0 Å². The minimum Gasteiger partial charge on any atom is -0.469 e. The Balaban J connectivity index is 2.01. The highest BCUT2D eigenvalue weighted by Crippen LogP contribution is 2.24. The van der Waals surface area contributed by atoms with E-state index in [0.717, 1.165) is 5.76 Å². The van der Waals surface area contributed by atoms with Crippen molar-refractivity contribution in [1.82, 2.24) is 5.32 Å². The van der Waals surface area contributed by atoms with Crippen LogP contribution < -0.4 is 10.6 Å². The molecule has 2 N–H and O–H groups in total. The quantitative estimate of drug-likeness (QED) is 0.627. The summed E-state index contributed by atoms with van der Waals surface area (Å²) < 4.78 is 5.15. The molecule has 0 spiro atoms. The number of carbonyl (C=O) groups excluding carboxylic acids is 1. The number of nitrogens with zero attached hydrogens (tertiary/aromatic N) is 1. The van der Waals surface area contributed by atoms with E-state index in [9.17, 15) is 14.9 Å². The van der Waals surface area contributed by atoms with E-state index in [1.54, 1.807) is 25.4 Å². The van der Waals surface area contributed by atoms with Crippen molar-refractivity contribution < 1.29 is 14.1 Å². The maximum atomic E-state index is 12.0. The molecule has 0 aliphatic heterocycles. The van der Waals surface area contributed by atoms with Gasteiger partial charge in [0.2, 0.25) is 0 Å². The third-order valence-corrected chi connectivity index (χ3v) is 2.96. The maximum absolute atomic E-state index is 12.0. The first kappa shape index (κ1) is 14.6. The number of nitro benzene ring substituents is 1. The molecule has 1 aromatic carbocycles. The minimum atomic E-state index is -0.522. The summed E-state index contributed by atoms with van der Waals surface area (Å²) in [6.45, 7) is 0.397. The van der Waals surface area contributed by atoms with Crippen LogP contribution in [0.3, 0.4) is 0 Å². The van der Waals surface area contributed by atoms with Gasteiger partial charge in [0.25, 0.3) is 11.6 Å². The van der Waals surface area contributed by atoms with Crippen LogP contribution >= 0.6 is 0 Å². The average molecular weight is 289 g/mol. The molecule has 0 atom stereocenters. The van der Waals surface area contributed by atoms with Crippen molar-refractivity contribution in [3.05, 3.63) is 58.0 Å². The van der Waals surface area contributed by atoms with Crippen molar-refractivity contribution in [2.75, 3.05) is 18.9 Å². The second-order valence-corrected chi connectivity index (χ2v) is 4.32. The summed E-state index contributed by atoms with van der Waals surface area (Å²) in [4.78, 5) is 22.4. The molecule has 1 aromatic heterocycles. The number of carbonyl (C=O) groups is 1. The van der Waals surface area contributed by atoms with E-state index in [-0.39, 0.29) is 17.2 Å². The minimum absolute atomic E-state index is 0.129. The molecule has 0 unspecified atom stereocenters. The Labute approximate surface area is 121 Å². The highest BCUT2D eigenvalue weighted by molar-refractivity contribution is 5.95. The van der Waals surface area contributed by atoms with E-state index in [1.807, 2.05) is 6.07 Å². The van der Waals surface area contributed by atoms with E-state index in [0.29, 0.717) is 18.7 Å². The number of nitrogens with one attached hydrogen (secondary N) is 2. The Hall–Kier alpha value is -2.83. The zero-order valence-corrected chi connectivity index (χ0v) is 11.5. The molecule has 2 aromatic rings. The summed E-state index contributed by atoms with van der Waals surface area (Å²) in [5.41, 5.74) is 0.489. The van der Waals surface area contributed by atoms with E-state index < -0.39 is 4.92 Å². The third kappa shape index (κ3) is 3.59. The summed E-state index contributed by atoms with van der Waals surface area (Å²) in [5, 5.41) is 16.4. The van der Waals surface area contributed by atoms with E-state index in [1.165, 1.54) is 12.1 Å². The lowest BCUT2D eigenvalue weighted by atomic mass is 10.1. The fourth-order valence-corrected chi connectivity index (χ4v) is 1.89. The molecule has 0 radical (unpaired) electrons. The van der Waals surface area contributed by atoms with Crippen LogP contribution in [0.25, 0.3) is 0 Å². The lowest BCUT2D eigenvalue weighted by Crippen LogP contribution is -2.25. The Bertz CT molecular complexity index is 638. The first-order valence-corrected chi connectivity index (χ1v) is 6.38. The molecular formula is C14H15N3O4. The Morgan fingerprint density at radius 3 is 2.81 bits per heavy atom. The van der Waals surface area contributed by atoms with Gasteiger partial charge in [-0.2, -0.15) is 0 Å². The van der Waals surface area contributed by atoms with Gasteiger partial charge < -0.3 is 15.1 Å². The summed E-state index contributed by atoms with van der Waals surface area (Å²) in [7, 11) is 1.59. The van der Waals surface area contributed by atoms with Crippen molar-refractivity contribution in [2.24, 2.45) is 0 Å². The predicted molar refractivity (Wildman–Crippen MR) is 77.4 cm³/mol. The first-order valence-electron chi connectivity index (χ1n) is 6.38. The van der Waals surface area contributed by atoms with Crippen molar-refractivity contribution in [3.63, 3.8) is 0 Å². The molecule has 7 heteroatoms. The molecule has 7 nitrogen and oxygen atoms in total. The first-order chi connectivity index (χ1) is 10.1. The molecule has 110 valence electrons. The maximum Gasteiger partial charge on any atom is 0.293 e. The summed E-state index contributed by atoms with van der Waals surface area (Å²) in [6, 6.07) is 7.91. The molecule has 0 fully saturated rings. The Kier molecular flexibility index (Phi) is 4.55. The standard InChI is InChI=1S/C14H15N3O4/c1-15-12-5-4-10(9-13(12)17(19)20)14(18)16-7-6-11-3-2-8-21-11/h2-5,8-9,15H,6-7H2,1H3,(H,16,18). The molecule has 0 bridgehead atoms. The number of anilines is 1. The Morgan fingerprint density at radius 1 is 1.38 bits per heavy atom. The van der Waals surface area contributed by atoms with Gasteiger partial charge >= 0.3 is 0 Å². The highest BCUT2D eigenvalue weighted by atomic mass is 16.6. The van der Waals surface area contributed by atoms with Crippen LogP contribution in [0.15, 0.2) is 41.0 Å². The fraction of sp³-hybridized carbons (Fsp3) is 0.214. The van der Waals surface area contributed by atoms with Crippen molar-refractivity contribution in [2.45, 2.75) is 6.42 Å². The van der Waals surface area contributed by atoms with Gasteiger partial charge in [0.15, 0.2) is 0 Å². The average Bonchev–Trinajstić information content (AvgIpc) is 2.99. The number of benzene rings is 1. The molecular weight excluding hydrogens is 274 g/mol. The largest absolute Gasteiger partial charge is 0.469 e. The van der Waals surface area contributed by atoms with Gasteiger partial charge in [-0.25, -0.2) is 0 Å². The second kappa shape index (κ2) is 6.56. The zero-order valence-electron chi connectivity index (χ0n) is 11.5. The molecule has 0 aliphatic rings. The van der Waals surface area contributed by atoms with Crippen LogP contribution in [0.5, 0.6) is 0 Å². The topological polar surface area (TPSA) is 97.4 Å². The monoisotopic (exact) mass is 289 g/mol. The lowest BCUT2D eigenvalue weighted by molar-refractivity contribution is -0.384. The van der Waals surface area contributed by atoms with Gasteiger partial charge in [-0.15, -0.1) is 0 Å². The number of rotatable bonds is 6. The molecule has 0 saturated carbocycles. The number of hydrogen-bond donors (Lipinski definition) is 2. The predicted octanol–water partition coefficient (Wildman–Crippen LogP) is 2.20. The van der Waals surface area contributed by atoms with Gasteiger partial charge in [-0.3, -0.25) is 14.9 Å². The van der Waals surface area contributed by atoms with Gasteiger partial charge in [0.05, 0.1) is 11.2 Å². The van der Waals surface area contributed by atoms with Crippen LogP contribution in [0.4, 0.5) is 11.4 Å².